The standard InChI is InChI=1S/C18H17N3O4/c1-20-11-12(14-5-3-4-6-16(14)20)9-18(22)19-15-10-13(21(23)24)7-8-17(15)25-2/h3-8,10-11H,9H2,1-2H3,(H,19,22). The molecule has 0 bridgehead atoms. The van der Waals surface area contributed by atoms with Gasteiger partial charge in [-0.05, 0) is 17.7 Å². The van der Waals surface area contributed by atoms with Crippen LogP contribution in [0.25, 0.3) is 10.9 Å². The molecule has 0 radical (unpaired) electrons. The van der Waals surface area contributed by atoms with Gasteiger partial charge in [0.1, 0.15) is 5.75 Å². The second kappa shape index (κ2) is 6.64. The number of amides is 1. The number of carbonyl (C=O) groups is 1. The fourth-order valence-corrected chi connectivity index (χ4v) is 2.84. The number of ether oxygens (including phenoxy) is 1. The lowest BCUT2D eigenvalue weighted by molar-refractivity contribution is -0.384. The van der Waals surface area contributed by atoms with E-state index in [2.05, 4.69) is 5.32 Å². The van der Waals surface area contributed by atoms with Gasteiger partial charge >= 0.3 is 0 Å². The van der Waals surface area contributed by atoms with Crippen molar-refractivity contribution in [1.29, 1.82) is 0 Å². The first kappa shape index (κ1) is 16.5. The van der Waals surface area contributed by atoms with Crippen LogP contribution in [0.15, 0.2) is 48.7 Å². The number of hydrogen-bond donors (Lipinski definition) is 1. The fraction of sp³-hybridized carbons (Fsp3) is 0.167. The van der Waals surface area contributed by atoms with Gasteiger partial charge in [0.2, 0.25) is 5.91 Å². The number of nitrogens with zero attached hydrogens (tertiary/aromatic N) is 2. The van der Waals surface area contributed by atoms with Crippen LogP contribution in [0.2, 0.25) is 0 Å². The molecule has 7 heteroatoms. The Labute approximate surface area is 144 Å². The van der Waals surface area contributed by atoms with E-state index >= 15 is 0 Å². The molecule has 3 aromatic rings. The van der Waals surface area contributed by atoms with Crippen LogP contribution in [-0.2, 0) is 18.3 Å². The average molecular weight is 339 g/mol. The third-order valence-corrected chi connectivity index (χ3v) is 4.00. The zero-order chi connectivity index (χ0) is 18.0. The van der Waals surface area contributed by atoms with Crippen LogP contribution in [0.3, 0.4) is 0 Å². The summed E-state index contributed by atoms with van der Waals surface area (Å²) in [6, 6.07) is 11.9. The zero-order valence-corrected chi connectivity index (χ0v) is 13.9. The number of benzene rings is 2. The summed E-state index contributed by atoms with van der Waals surface area (Å²) in [6.45, 7) is 0. The van der Waals surface area contributed by atoms with Gasteiger partial charge in [-0.3, -0.25) is 14.9 Å². The van der Waals surface area contributed by atoms with Crippen molar-refractivity contribution in [2.75, 3.05) is 12.4 Å². The number of hydrogen-bond acceptors (Lipinski definition) is 4. The Bertz CT molecular complexity index is 962. The highest BCUT2D eigenvalue weighted by Crippen LogP contribution is 2.29. The number of nitrogens with one attached hydrogen (secondary N) is 1. The molecule has 1 amide bonds. The van der Waals surface area contributed by atoms with Gasteiger partial charge in [-0.25, -0.2) is 0 Å². The molecule has 1 heterocycles. The van der Waals surface area contributed by atoms with Crippen molar-refractivity contribution >= 4 is 28.2 Å². The Morgan fingerprint density at radius 2 is 2.04 bits per heavy atom. The van der Waals surface area contributed by atoms with Crippen LogP contribution >= 0.6 is 0 Å². The number of carbonyl (C=O) groups excluding carboxylic acids is 1. The number of para-hydroxylation sites is 1. The predicted octanol–water partition coefficient (Wildman–Crippen LogP) is 3.28. The molecular formula is C18H17N3O4. The molecule has 1 aromatic heterocycles. The molecule has 0 unspecified atom stereocenters. The van der Waals surface area contributed by atoms with Gasteiger partial charge in [0.25, 0.3) is 5.69 Å². The lowest BCUT2D eigenvalue weighted by atomic mass is 10.1. The van der Waals surface area contributed by atoms with Crippen molar-refractivity contribution < 1.29 is 14.5 Å². The summed E-state index contributed by atoms with van der Waals surface area (Å²) in [5, 5.41) is 14.6. The maximum absolute atomic E-state index is 12.4. The number of nitro groups is 1. The molecule has 0 fully saturated rings. The van der Waals surface area contributed by atoms with Gasteiger partial charge in [-0.1, -0.05) is 18.2 Å². The van der Waals surface area contributed by atoms with E-state index in [0.29, 0.717) is 5.75 Å². The van der Waals surface area contributed by atoms with Crippen molar-refractivity contribution in [2.24, 2.45) is 7.05 Å². The molecule has 1 N–H and O–H groups in total. The topological polar surface area (TPSA) is 86.4 Å². The number of non-ortho nitro benzene ring substituents is 1. The summed E-state index contributed by atoms with van der Waals surface area (Å²) >= 11 is 0. The van der Waals surface area contributed by atoms with Crippen molar-refractivity contribution in [3.63, 3.8) is 0 Å². The molecule has 0 aliphatic carbocycles. The summed E-state index contributed by atoms with van der Waals surface area (Å²) in [4.78, 5) is 22.9. The lowest BCUT2D eigenvalue weighted by Crippen LogP contribution is -2.15. The molecule has 25 heavy (non-hydrogen) atoms. The summed E-state index contributed by atoms with van der Waals surface area (Å²) in [5.74, 6) is 0.104. The maximum Gasteiger partial charge on any atom is 0.271 e. The number of aryl methyl sites for hydroxylation is 1. The monoisotopic (exact) mass is 339 g/mol. The molecule has 0 aliphatic rings. The highest BCUT2D eigenvalue weighted by molar-refractivity contribution is 5.97. The summed E-state index contributed by atoms with van der Waals surface area (Å²) in [5.41, 5.74) is 2.10. The van der Waals surface area contributed by atoms with E-state index in [4.69, 9.17) is 4.74 Å². The van der Waals surface area contributed by atoms with E-state index < -0.39 is 4.92 Å². The second-order valence-electron chi connectivity index (χ2n) is 5.65. The Kier molecular flexibility index (Phi) is 4.38. The van der Waals surface area contributed by atoms with Gasteiger partial charge in [-0.2, -0.15) is 0 Å². The molecule has 3 rings (SSSR count). The SMILES string of the molecule is COc1ccc([N+](=O)[O-])cc1NC(=O)Cc1cn(C)c2ccccc12. The van der Waals surface area contributed by atoms with Gasteiger partial charge in [0.15, 0.2) is 0 Å². The van der Waals surface area contributed by atoms with Gasteiger partial charge in [-0.15, -0.1) is 0 Å². The minimum Gasteiger partial charge on any atom is -0.495 e. The van der Waals surface area contributed by atoms with E-state index in [0.717, 1.165) is 16.5 Å². The molecule has 0 aliphatic heterocycles. The van der Waals surface area contributed by atoms with Crippen molar-refractivity contribution in [3.8, 4) is 5.75 Å². The van der Waals surface area contributed by atoms with Crippen LogP contribution < -0.4 is 10.1 Å². The smallest absolute Gasteiger partial charge is 0.271 e. The van der Waals surface area contributed by atoms with Crippen LogP contribution in [0.4, 0.5) is 11.4 Å². The van der Waals surface area contributed by atoms with E-state index in [1.165, 1.54) is 25.3 Å². The third kappa shape index (κ3) is 3.30. The quantitative estimate of drug-likeness (QED) is 0.571. The highest BCUT2D eigenvalue weighted by atomic mass is 16.6. The molecular weight excluding hydrogens is 322 g/mol. The van der Waals surface area contributed by atoms with Crippen LogP contribution in [0.1, 0.15) is 5.56 Å². The molecule has 7 nitrogen and oxygen atoms in total. The van der Waals surface area contributed by atoms with Crippen molar-refractivity contribution in [2.45, 2.75) is 6.42 Å². The Morgan fingerprint density at radius 3 is 2.76 bits per heavy atom. The molecule has 0 saturated heterocycles. The first-order chi connectivity index (χ1) is 12.0. The molecule has 128 valence electrons. The zero-order valence-electron chi connectivity index (χ0n) is 13.9. The number of rotatable bonds is 5. The first-order valence-corrected chi connectivity index (χ1v) is 7.65. The van der Waals surface area contributed by atoms with E-state index in [9.17, 15) is 14.9 Å². The summed E-state index contributed by atoms with van der Waals surface area (Å²) in [7, 11) is 3.37. The van der Waals surface area contributed by atoms with Crippen LogP contribution in [-0.4, -0.2) is 22.5 Å². The van der Waals surface area contributed by atoms with Crippen LogP contribution in [0.5, 0.6) is 5.75 Å². The number of anilines is 1. The van der Waals surface area contributed by atoms with E-state index in [1.807, 2.05) is 42.1 Å². The minimum atomic E-state index is -0.514. The lowest BCUT2D eigenvalue weighted by Gasteiger charge is -2.09. The fourth-order valence-electron chi connectivity index (χ4n) is 2.84. The first-order valence-electron chi connectivity index (χ1n) is 7.65. The average Bonchev–Trinajstić information content (AvgIpc) is 2.91. The van der Waals surface area contributed by atoms with E-state index in [1.54, 1.807) is 0 Å². The number of nitro benzene ring substituents is 1. The molecule has 0 spiro atoms. The molecule has 2 aromatic carbocycles. The third-order valence-electron chi connectivity index (χ3n) is 4.00. The van der Waals surface area contributed by atoms with Gasteiger partial charge < -0.3 is 14.6 Å². The van der Waals surface area contributed by atoms with Gasteiger partial charge in [0.05, 0.1) is 24.1 Å². The van der Waals surface area contributed by atoms with Crippen molar-refractivity contribution in [3.05, 3.63) is 64.3 Å². The van der Waals surface area contributed by atoms with E-state index in [-0.39, 0.29) is 23.7 Å². The molecule has 0 saturated carbocycles. The predicted molar refractivity (Wildman–Crippen MR) is 94.9 cm³/mol. The Morgan fingerprint density at radius 1 is 1.28 bits per heavy atom. The Hall–Kier alpha value is -3.35. The second-order valence-corrected chi connectivity index (χ2v) is 5.65. The maximum atomic E-state index is 12.4. The number of fused-ring (bicyclic) bond motifs is 1. The highest BCUT2D eigenvalue weighted by Gasteiger charge is 2.15. The number of aromatic nitrogens is 1. The molecule has 0 atom stereocenters. The van der Waals surface area contributed by atoms with Gasteiger partial charge in [0, 0.05) is 36.3 Å². The number of methoxy groups -OCH3 is 1. The van der Waals surface area contributed by atoms with Crippen molar-refractivity contribution in [1.82, 2.24) is 4.57 Å². The summed E-state index contributed by atoms with van der Waals surface area (Å²) in [6.07, 6.45) is 2.07. The summed E-state index contributed by atoms with van der Waals surface area (Å²) < 4.78 is 7.13. The minimum absolute atomic E-state index is 0.110. The Balaban J connectivity index is 1.85. The largest absolute Gasteiger partial charge is 0.495 e. The van der Waals surface area contributed by atoms with Crippen LogP contribution in [0, 0.1) is 10.1 Å². The normalized spacial score (nSPS) is 10.6.